The van der Waals surface area contributed by atoms with Crippen molar-refractivity contribution in [2.45, 2.75) is 39.0 Å². The van der Waals surface area contributed by atoms with Gasteiger partial charge in [0.2, 0.25) is 0 Å². The van der Waals surface area contributed by atoms with Gasteiger partial charge in [0, 0.05) is 18.8 Å². The highest BCUT2D eigenvalue weighted by Crippen LogP contribution is 2.37. The Bertz CT molecular complexity index is 294. The molecule has 3 nitrogen and oxygen atoms in total. The number of hydrogen-bond acceptors (Lipinski definition) is 3. The predicted molar refractivity (Wildman–Crippen MR) is 61.9 cm³/mol. The molecule has 0 aromatic heterocycles. The molecule has 16 heavy (non-hydrogen) atoms. The van der Waals surface area contributed by atoms with Crippen LogP contribution >= 0.6 is 0 Å². The van der Waals surface area contributed by atoms with Gasteiger partial charge in [-0.2, -0.15) is 0 Å². The molecule has 0 unspecified atom stereocenters. The van der Waals surface area contributed by atoms with Gasteiger partial charge in [0.25, 0.3) is 0 Å². The summed E-state index contributed by atoms with van der Waals surface area (Å²) in [6.45, 7) is 6.06. The molecule has 0 aliphatic heterocycles. The van der Waals surface area contributed by atoms with E-state index in [1.165, 1.54) is 7.11 Å². The summed E-state index contributed by atoms with van der Waals surface area (Å²) in [6.07, 6.45) is 3.58. The van der Waals surface area contributed by atoms with Crippen LogP contribution in [0.4, 0.5) is 0 Å². The molecule has 90 valence electrons. The van der Waals surface area contributed by atoms with Gasteiger partial charge in [-0.15, -0.1) is 0 Å². The fourth-order valence-corrected chi connectivity index (χ4v) is 2.47. The van der Waals surface area contributed by atoms with Crippen LogP contribution in [0, 0.1) is 11.8 Å². The van der Waals surface area contributed by atoms with Crippen molar-refractivity contribution in [3.63, 3.8) is 0 Å². The molecule has 0 heterocycles. The number of hydrogen-bond donors (Lipinski definition) is 0. The van der Waals surface area contributed by atoms with Crippen molar-refractivity contribution in [2.75, 3.05) is 7.11 Å². The van der Waals surface area contributed by atoms with Crippen molar-refractivity contribution in [2.24, 2.45) is 11.8 Å². The van der Waals surface area contributed by atoms with E-state index in [2.05, 4.69) is 18.2 Å². The van der Waals surface area contributed by atoms with E-state index in [0.29, 0.717) is 12.8 Å². The molecule has 1 rings (SSSR count). The van der Waals surface area contributed by atoms with Crippen LogP contribution in [-0.2, 0) is 14.3 Å². The lowest BCUT2D eigenvalue weighted by molar-refractivity contribution is -0.141. The molecule has 0 amide bonds. The molecule has 0 aromatic carbocycles. The average Bonchev–Trinajstić information content (AvgIpc) is 2.60. The van der Waals surface area contributed by atoms with E-state index >= 15 is 0 Å². The third-order valence-electron chi connectivity index (χ3n) is 3.25. The van der Waals surface area contributed by atoms with Crippen molar-refractivity contribution < 1.29 is 14.3 Å². The lowest BCUT2D eigenvalue weighted by Crippen LogP contribution is -2.20. The molecule has 0 N–H and O–H groups in total. The fraction of sp³-hybridized carbons (Fsp3) is 0.692. The molecule has 2 atom stereocenters. The topological polar surface area (TPSA) is 43.4 Å². The van der Waals surface area contributed by atoms with Crippen molar-refractivity contribution in [3.05, 3.63) is 12.2 Å². The zero-order valence-electron chi connectivity index (χ0n) is 10.1. The third kappa shape index (κ3) is 2.94. The van der Waals surface area contributed by atoms with E-state index in [0.717, 1.165) is 24.8 Å². The Hall–Kier alpha value is -1.12. The van der Waals surface area contributed by atoms with Crippen LogP contribution in [0.25, 0.3) is 0 Å². The number of esters is 1. The summed E-state index contributed by atoms with van der Waals surface area (Å²) in [4.78, 5) is 23.0. The summed E-state index contributed by atoms with van der Waals surface area (Å²) in [5.41, 5.74) is 0.985. The minimum absolute atomic E-state index is 0.110. The maximum absolute atomic E-state index is 11.8. The normalized spacial score (nSPS) is 24.5. The highest BCUT2D eigenvalue weighted by Gasteiger charge is 2.37. The van der Waals surface area contributed by atoms with Crippen molar-refractivity contribution in [1.29, 1.82) is 0 Å². The second-order valence-electron chi connectivity index (χ2n) is 4.43. The van der Waals surface area contributed by atoms with E-state index in [-0.39, 0.29) is 23.6 Å². The molecular weight excluding hydrogens is 204 g/mol. The molecule has 0 bridgehead atoms. The van der Waals surface area contributed by atoms with Crippen LogP contribution in [0.5, 0.6) is 0 Å². The van der Waals surface area contributed by atoms with Crippen molar-refractivity contribution in [3.8, 4) is 0 Å². The zero-order chi connectivity index (χ0) is 12.1. The SMILES string of the molecule is C=C(CCC)[C@H]1C(=O)CC[C@H]1CC(=O)OC. The number of ketones is 1. The second kappa shape index (κ2) is 5.83. The summed E-state index contributed by atoms with van der Waals surface area (Å²) < 4.78 is 4.66. The Balaban J connectivity index is 2.66. The van der Waals surface area contributed by atoms with Crippen LogP contribution in [0.15, 0.2) is 12.2 Å². The Morgan fingerprint density at radius 3 is 2.81 bits per heavy atom. The molecule has 1 aliphatic carbocycles. The lowest BCUT2D eigenvalue weighted by Gasteiger charge is -2.19. The smallest absolute Gasteiger partial charge is 0.305 e. The first-order valence-electron chi connectivity index (χ1n) is 5.87. The predicted octanol–water partition coefficient (Wildman–Crippen LogP) is 2.50. The summed E-state index contributed by atoms with van der Waals surface area (Å²) in [7, 11) is 1.38. The molecule has 0 saturated heterocycles. The van der Waals surface area contributed by atoms with Gasteiger partial charge in [-0.25, -0.2) is 0 Å². The van der Waals surface area contributed by atoms with Crippen molar-refractivity contribution in [1.82, 2.24) is 0 Å². The number of carbonyl (C=O) groups excluding carboxylic acids is 2. The van der Waals surface area contributed by atoms with E-state index in [9.17, 15) is 9.59 Å². The van der Waals surface area contributed by atoms with Gasteiger partial charge in [0.1, 0.15) is 5.78 Å². The summed E-state index contributed by atoms with van der Waals surface area (Å²) in [5.74, 6) is 0.0133. The quantitative estimate of drug-likeness (QED) is 0.532. The van der Waals surface area contributed by atoms with Gasteiger partial charge in [-0.3, -0.25) is 9.59 Å². The van der Waals surface area contributed by atoms with Gasteiger partial charge < -0.3 is 4.74 Å². The Kier molecular flexibility index (Phi) is 4.71. The largest absolute Gasteiger partial charge is 0.469 e. The first-order chi connectivity index (χ1) is 7.60. The van der Waals surface area contributed by atoms with Crippen LogP contribution < -0.4 is 0 Å². The summed E-state index contributed by atoms with van der Waals surface area (Å²) in [6, 6.07) is 0. The highest BCUT2D eigenvalue weighted by atomic mass is 16.5. The summed E-state index contributed by atoms with van der Waals surface area (Å²) in [5, 5.41) is 0. The monoisotopic (exact) mass is 224 g/mol. The van der Waals surface area contributed by atoms with E-state index in [1.807, 2.05) is 0 Å². The van der Waals surface area contributed by atoms with Crippen LogP contribution in [0.2, 0.25) is 0 Å². The molecule has 0 radical (unpaired) electrons. The number of Topliss-reactive ketones (excluding diaryl/α,β-unsaturated/α-hetero) is 1. The number of ether oxygens (including phenoxy) is 1. The molecule has 1 fully saturated rings. The van der Waals surface area contributed by atoms with Crippen LogP contribution in [-0.4, -0.2) is 18.9 Å². The number of methoxy groups -OCH3 is 1. The number of allylic oxidation sites excluding steroid dienone is 1. The number of carbonyl (C=O) groups is 2. The number of rotatable bonds is 5. The zero-order valence-corrected chi connectivity index (χ0v) is 10.1. The second-order valence-corrected chi connectivity index (χ2v) is 4.43. The molecular formula is C13H20O3. The van der Waals surface area contributed by atoms with Gasteiger partial charge in [-0.05, 0) is 18.8 Å². The van der Waals surface area contributed by atoms with E-state index < -0.39 is 0 Å². The standard InChI is InChI=1S/C13H20O3/c1-4-5-9(2)13-10(6-7-11(13)14)8-12(15)16-3/h10,13H,2,4-8H2,1,3H3/t10-,13+/m0/s1. The maximum atomic E-state index is 11.8. The first-order valence-corrected chi connectivity index (χ1v) is 5.87. The molecule has 1 saturated carbocycles. The highest BCUT2D eigenvalue weighted by molar-refractivity contribution is 5.87. The minimum Gasteiger partial charge on any atom is -0.469 e. The van der Waals surface area contributed by atoms with Crippen LogP contribution in [0.1, 0.15) is 39.0 Å². The fourth-order valence-electron chi connectivity index (χ4n) is 2.47. The Morgan fingerprint density at radius 2 is 2.25 bits per heavy atom. The first kappa shape index (κ1) is 12.9. The van der Waals surface area contributed by atoms with Crippen LogP contribution in [0.3, 0.4) is 0 Å². The lowest BCUT2D eigenvalue weighted by atomic mass is 9.85. The van der Waals surface area contributed by atoms with E-state index in [1.54, 1.807) is 0 Å². The summed E-state index contributed by atoms with van der Waals surface area (Å²) >= 11 is 0. The van der Waals surface area contributed by atoms with Gasteiger partial charge in [0.15, 0.2) is 0 Å². The average molecular weight is 224 g/mol. The maximum Gasteiger partial charge on any atom is 0.305 e. The Morgan fingerprint density at radius 1 is 1.56 bits per heavy atom. The molecule has 1 aliphatic rings. The van der Waals surface area contributed by atoms with Gasteiger partial charge in [0.05, 0.1) is 7.11 Å². The third-order valence-corrected chi connectivity index (χ3v) is 3.25. The van der Waals surface area contributed by atoms with Gasteiger partial charge >= 0.3 is 5.97 Å². The molecule has 3 heteroatoms. The Labute approximate surface area is 96.9 Å². The van der Waals surface area contributed by atoms with Gasteiger partial charge in [-0.1, -0.05) is 25.5 Å². The molecule has 0 spiro atoms. The van der Waals surface area contributed by atoms with E-state index in [4.69, 9.17) is 0 Å². The molecule has 0 aromatic rings. The minimum atomic E-state index is -0.228. The van der Waals surface area contributed by atoms with Crippen molar-refractivity contribution >= 4 is 11.8 Å².